The summed E-state index contributed by atoms with van der Waals surface area (Å²) in [7, 11) is 0. The molecule has 0 aliphatic carbocycles. The maximum absolute atomic E-state index is 5.81. The lowest BCUT2D eigenvalue weighted by molar-refractivity contribution is 0.350. The zero-order chi connectivity index (χ0) is 11.0. The molecule has 4 heteroatoms. The molecule has 3 heterocycles. The molecule has 16 heavy (non-hydrogen) atoms. The average Bonchev–Trinajstić information content (AvgIpc) is 2.59. The van der Waals surface area contributed by atoms with Crippen LogP contribution in [0, 0.1) is 6.92 Å². The molecule has 2 aliphatic rings. The summed E-state index contributed by atoms with van der Waals surface area (Å²) in [6.07, 6.45) is 2.60. The molecule has 0 spiro atoms. The van der Waals surface area contributed by atoms with Crippen molar-refractivity contribution < 1.29 is 4.42 Å². The molecule has 0 amide bonds. The van der Waals surface area contributed by atoms with Gasteiger partial charge in [-0.3, -0.25) is 0 Å². The van der Waals surface area contributed by atoms with Crippen molar-refractivity contribution >= 4 is 11.8 Å². The van der Waals surface area contributed by atoms with Gasteiger partial charge in [0.15, 0.2) is 5.89 Å². The largest absolute Gasteiger partial charge is 0.445 e. The third kappa shape index (κ3) is 1.89. The second-order valence-electron chi connectivity index (χ2n) is 4.76. The summed E-state index contributed by atoms with van der Waals surface area (Å²) in [4.78, 5) is 4.74. The van der Waals surface area contributed by atoms with Gasteiger partial charge in [0, 0.05) is 24.8 Å². The molecule has 0 aromatic carbocycles. The van der Waals surface area contributed by atoms with E-state index in [-0.39, 0.29) is 0 Å². The number of hydrogen-bond donors (Lipinski definition) is 1. The maximum atomic E-state index is 5.81. The van der Waals surface area contributed by atoms with Crippen molar-refractivity contribution in [1.29, 1.82) is 0 Å². The Balaban J connectivity index is 1.79. The van der Waals surface area contributed by atoms with Crippen LogP contribution in [0.4, 0.5) is 0 Å². The fraction of sp³-hybridized carbons (Fsp3) is 0.750. The number of oxazole rings is 1. The summed E-state index contributed by atoms with van der Waals surface area (Å²) >= 11 is 2.05. The molecule has 2 fully saturated rings. The molecule has 88 valence electrons. The Labute approximate surface area is 100 Å². The highest BCUT2D eigenvalue weighted by Crippen LogP contribution is 2.34. The van der Waals surface area contributed by atoms with E-state index in [0.29, 0.717) is 11.8 Å². The minimum Gasteiger partial charge on any atom is -0.445 e. The van der Waals surface area contributed by atoms with Gasteiger partial charge < -0.3 is 9.73 Å². The number of aromatic nitrogens is 1. The maximum Gasteiger partial charge on any atom is 0.200 e. The van der Waals surface area contributed by atoms with E-state index in [2.05, 4.69) is 12.2 Å². The van der Waals surface area contributed by atoms with Crippen LogP contribution in [-0.2, 0) is 0 Å². The van der Waals surface area contributed by atoms with Gasteiger partial charge in [-0.15, -0.1) is 0 Å². The quantitative estimate of drug-likeness (QED) is 0.858. The van der Waals surface area contributed by atoms with Crippen LogP contribution < -0.4 is 5.32 Å². The first kappa shape index (κ1) is 10.7. The average molecular weight is 238 g/mol. The molecule has 0 saturated carbocycles. The lowest BCUT2D eigenvalue weighted by Gasteiger charge is -2.23. The number of hydrogen-bond acceptors (Lipinski definition) is 4. The van der Waals surface area contributed by atoms with E-state index < -0.39 is 0 Å². The first-order valence-electron chi connectivity index (χ1n) is 6.10. The zero-order valence-corrected chi connectivity index (χ0v) is 10.5. The van der Waals surface area contributed by atoms with E-state index in [0.717, 1.165) is 24.7 Å². The highest BCUT2D eigenvalue weighted by Gasteiger charge is 2.28. The van der Waals surface area contributed by atoms with Crippen molar-refractivity contribution in [3.05, 3.63) is 17.3 Å². The van der Waals surface area contributed by atoms with E-state index in [9.17, 15) is 0 Å². The van der Waals surface area contributed by atoms with Crippen LogP contribution in [-0.4, -0.2) is 29.6 Å². The molecule has 0 radical (unpaired) electrons. The van der Waals surface area contributed by atoms with E-state index in [4.69, 9.17) is 9.40 Å². The highest BCUT2D eigenvalue weighted by atomic mass is 32.2. The fourth-order valence-electron chi connectivity index (χ4n) is 2.40. The van der Waals surface area contributed by atoms with Gasteiger partial charge in [-0.05, 0) is 25.5 Å². The smallest absolute Gasteiger partial charge is 0.200 e. The Morgan fingerprint density at radius 3 is 2.88 bits per heavy atom. The Kier molecular flexibility index (Phi) is 2.94. The van der Waals surface area contributed by atoms with Gasteiger partial charge in [0.05, 0.1) is 11.6 Å². The Bertz CT molecular complexity index is 367. The van der Waals surface area contributed by atoms with Gasteiger partial charge in [0.1, 0.15) is 5.76 Å². The number of aryl methyl sites for hydroxylation is 1. The molecule has 0 bridgehead atoms. The summed E-state index contributed by atoms with van der Waals surface area (Å²) in [6.45, 7) is 4.12. The van der Waals surface area contributed by atoms with Crippen molar-refractivity contribution in [2.24, 2.45) is 0 Å². The molecular weight excluding hydrogens is 220 g/mol. The molecule has 2 aliphatic heterocycles. The third-order valence-electron chi connectivity index (χ3n) is 3.53. The topological polar surface area (TPSA) is 38.1 Å². The highest BCUT2D eigenvalue weighted by molar-refractivity contribution is 7.99. The van der Waals surface area contributed by atoms with Gasteiger partial charge in [-0.2, -0.15) is 11.8 Å². The molecular formula is C12H18N2OS. The summed E-state index contributed by atoms with van der Waals surface area (Å²) in [6, 6.07) is 0. The first-order valence-corrected chi connectivity index (χ1v) is 7.25. The molecule has 1 aromatic heterocycles. The van der Waals surface area contributed by atoms with Crippen molar-refractivity contribution in [3.63, 3.8) is 0 Å². The fourth-order valence-corrected chi connectivity index (χ4v) is 3.55. The number of rotatable bonds is 2. The van der Waals surface area contributed by atoms with Crippen LogP contribution in [0.5, 0.6) is 0 Å². The van der Waals surface area contributed by atoms with Gasteiger partial charge in [0.2, 0.25) is 0 Å². The second kappa shape index (κ2) is 4.41. The lowest BCUT2D eigenvalue weighted by atomic mass is 10.00. The minimum absolute atomic E-state index is 0.517. The molecule has 3 rings (SSSR count). The molecule has 1 aromatic rings. The van der Waals surface area contributed by atoms with Crippen molar-refractivity contribution in [2.75, 3.05) is 24.6 Å². The van der Waals surface area contributed by atoms with Gasteiger partial charge in [-0.25, -0.2) is 4.98 Å². The van der Waals surface area contributed by atoms with Gasteiger partial charge >= 0.3 is 0 Å². The first-order chi connectivity index (χ1) is 7.84. The SMILES string of the molecule is Cc1oc(C2CNC2)nc1C1CCCSC1. The van der Waals surface area contributed by atoms with E-state index in [1.807, 2.05) is 11.8 Å². The normalized spacial score (nSPS) is 26.7. The van der Waals surface area contributed by atoms with Crippen molar-refractivity contribution in [2.45, 2.75) is 31.6 Å². The molecule has 2 saturated heterocycles. The van der Waals surface area contributed by atoms with Crippen LogP contribution in [0.2, 0.25) is 0 Å². The summed E-state index contributed by atoms with van der Waals surface area (Å²) in [5, 5.41) is 3.26. The van der Waals surface area contributed by atoms with Crippen molar-refractivity contribution in [3.8, 4) is 0 Å². The van der Waals surface area contributed by atoms with Crippen LogP contribution in [0.15, 0.2) is 4.42 Å². The minimum atomic E-state index is 0.517. The molecule has 1 atom stereocenters. The standard InChI is InChI=1S/C12H18N2OS/c1-8-11(9-3-2-4-16-7-9)14-12(15-8)10-5-13-6-10/h9-10,13H,2-7H2,1H3. The number of nitrogens with zero attached hydrogens (tertiary/aromatic N) is 1. The van der Waals surface area contributed by atoms with Crippen LogP contribution in [0.25, 0.3) is 0 Å². The van der Waals surface area contributed by atoms with Crippen molar-refractivity contribution in [1.82, 2.24) is 10.3 Å². The predicted octanol–water partition coefficient (Wildman–Crippen LogP) is 2.28. The van der Waals surface area contributed by atoms with Crippen LogP contribution in [0.3, 0.4) is 0 Å². The van der Waals surface area contributed by atoms with E-state index >= 15 is 0 Å². The summed E-state index contributed by atoms with van der Waals surface area (Å²) in [5.41, 5.74) is 1.23. The van der Waals surface area contributed by atoms with E-state index in [1.54, 1.807) is 0 Å². The molecule has 3 nitrogen and oxygen atoms in total. The van der Waals surface area contributed by atoms with Crippen LogP contribution in [0.1, 0.15) is 42.0 Å². The summed E-state index contributed by atoms with van der Waals surface area (Å²) in [5.74, 6) is 5.69. The Morgan fingerprint density at radius 1 is 1.38 bits per heavy atom. The summed E-state index contributed by atoms with van der Waals surface area (Å²) < 4.78 is 5.81. The lowest BCUT2D eigenvalue weighted by Crippen LogP contribution is -2.40. The number of nitrogens with one attached hydrogen (secondary N) is 1. The zero-order valence-electron chi connectivity index (χ0n) is 9.66. The number of thioether (sulfide) groups is 1. The predicted molar refractivity (Wildman–Crippen MR) is 66.2 cm³/mol. The van der Waals surface area contributed by atoms with Gasteiger partial charge in [-0.1, -0.05) is 0 Å². The van der Waals surface area contributed by atoms with Crippen LogP contribution >= 0.6 is 11.8 Å². The third-order valence-corrected chi connectivity index (χ3v) is 4.74. The second-order valence-corrected chi connectivity index (χ2v) is 5.91. The Hall–Kier alpha value is -0.480. The molecule has 1 unspecified atom stereocenters. The molecule has 1 N–H and O–H groups in total. The van der Waals surface area contributed by atoms with Gasteiger partial charge in [0.25, 0.3) is 0 Å². The monoisotopic (exact) mass is 238 g/mol. The van der Waals surface area contributed by atoms with E-state index in [1.165, 1.54) is 30.0 Å². The Morgan fingerprint density at radius 2 is 2.25 bits per heavy atom.